The number of nitrogens with zero attached hydrogens (tertiary/aromatic N) is 3. The van der Waals surface area contributed by atoms with Crippen molar-refractivity contribution in [2.24, 2.45) is 0 Å². The quantitative estimate of drug-likeness (QED) is 0.396. The van der Waals surface area contributed by atoms with Gasteiger partial charge in [-0.15, -0.1) is 11.3 Å². The van der Waals surface area contributed by atoms with Gasteiger partial charge in [0.15, 0.2) is 11.5 Å². The van der Waals surface area contributed by atoms with Crippen molar-refractivity contribution in [3.63, 3.8) is 0 Å². The van der Waals surface area contributed by atoms with E-state index in [4.69, 9.17) is 19.2 Å². The summed E-state index contributed by atoms with van der Waals surface area (Å²) in [5.74, 6) is 2.30. The standard InChI is InChI=1S/C24H24N4O4S/c1-5-32-18-9-6-16(7-10-18)23(29)26-22-12-15(2)27-28(22)24-25-19(14-33-24)17-8-11-20(30-3)21(13-17)31-4/h6-14H,5H2,1-4H3,(H,26,29). The molecule has 0 radical (unpaired) electrons. The first-order valence-corrected chi connectivity index (χ1v) is 11.2. The first-order valence-electron chi connectivity index (χ1n) is 10.3. The van der Waals surface area contributed by atoms with Crippen molar-refractivity contribution in [2.45, 2.75) is 13.8 Å². The molecule has 0 bridgehead atoms. The highest BCUT2D eigenvalue weighted by Gasteiger charge is 2.16. The molecule has 0 aliphatic heterocycles. The van der Waals surface area contributed by atoms with E-state index in [1.165, 1.54) is 11.3 Å². The van der Waals surface area contributed by atoms with Crippen molar-refractivity contribution in [1.82, 2.24) is 14.8 Å². The zero-order chi connectivity index (χ0) is 23.4. The van der Waals surface area contributed by atoms with Crippen LogP contribution in [0.5, 0.6) is 17.2 Å². The molecule has 2 heterocycles. The number of ether oxygens (including phenoxy) is 3. The van der Waals surface area contributed by atoms with E-state index in [9.17, 15) is 4.79 Å². The number of carbonyl (C=O) groups is 1. The van der Waals surface area contributed by atoms with Crippen LogP contribution in [0.15, 0.2) is 53.9 Å². The number of nitrogens with one attached hydrogen (secondary N) is 1. The van der Waals surface area contributed by atoms with E-state index in [1.54, 1.807) is 43.2 Å². The van der Waals surface area contributed by atoms with Crippen molar-refractivity contribution >= 4 is 23.1 Å². The lowest BCUT2D eigenvalue weighted by atomic mass is 10.1. The van der Waals surface area contributed by atoms with Crippen molar-refractivity contribution in [3.05, 3.63) is 65.2 Å². The molecule has 1 amide bonds. The number of amides is 1. The summed E-state index contributed by atoms with van der Waals surface area (Å²) in [6.07, 6.45) is 0. The number of rotatable bonds is 8. The summed E-state index contributed by atoms with van der Waals surface area (Å²) in [6.45, 7) is 4.36. The molecule has 0 unspecified atom stereocenters. The van der Waals surface area contributed by atoms with Gasteiger partial charge in [-0.2, -0.15) is 9.78 Å². The predicted octanol–water partition coefficient (Wildman–Crippen LogP) is 4.97. The van der Waals surface area contributed by atoms with E-state index in [-0.39, 0.29) is 5.91 Å². The third-order valence-corrected chi connectivity index (χ3v) is 5.67. The number of carbonyl (C=O) groups excluding carboxylic acids is 1. The molecule has 0 aliphatic rings. The Morgan fingerprint density at radius 1 is 1.06 bits per heavy atom. The SMILES string of the molecule is CCOc1ccc(C(=O)Nc2cc(C)nn2-c2nc(-c3ccc(OC)c(OC)c3)cs2)cc1. The summed E-state index contributed by atoms with van der Waals surface area (Å²) in [6, 6.07) is 14.5. The van der Waals surface area contributed by atoms with Crippen LogP contribution in [0.3, 0.4) is 0 Å². The smallest absolute Gasteiger partial charge is 0.256 e. The Bertz CT molecular complexity index is 1260. The summed E-state index contributed by atoms with van der Waals surface area (Å²) in [5.41, 5.74) is 2.95. The van der Waals surface area contributed by atoms with E-state index in [0.717, 1.165) is 22.7 Å². The van der Waals surface area contributed by atoms with Gasteiger partial charge in [-0.05, 0) is 56.3 Å². The third-order valence-electron chi connectivity index (χ3n) is 4.85. The summed E-state index contributed by atoms with van der Waals surface area (Å²) in [7, 11) is 3.20. The summed E-state index contributed by atoms with van der Waals surface area (Å²) in [5, 5.41) is 10.0. The van der Waals surface area contributed by atoms with Crippen LogP contribution in [-0.2, 0) is 0 Å². The molecule has 4 rings (SSSR count). The zero-order valence-electron chi connectivity index (χ0n) is 18.8. The van der Waals surface area contributed by atoms with Crippen LogP contribution in [0.1, 0.15) is 23.0 Å². The minimum Gasteiger partial charge on any atom is -0.494 e. The average Bonchev–Trinajstić information content (AvgIpc) is 3.46. The Kier molecular flexibility index (Phi) is 6.60. The normalized spacial score (nSPS) is 10.7. The Morgan fingerprint density at radius 2 is 1.82 bits per heavy atom. The lowest BCUT2D eigenvalue weighted by molar-refractivity contribution is 0.102. The highest BCUT2D eigenvalue weighted by molar-refractivity contribution is 7.12. The van der Waals surface area contributed by atoms with Crippen molar-refractivity contribution in [2.75, 3.05) is 26.1 Å². The minimum atomic E-state index is -0.240. The molecule has 4 aromatic rings. The van der Waals surface area contributed by atoms with Gasteiger partial charge in [-0.25, -0.2) is 4.98 Å². The van der Waals surface area contributed by atoms with E-state index in [2.05, 4.69) is 10.4 Å². The van der Waals surface area contributed by atoms with E-state index < -0.39 is 0 Å². The first kappa shape index (κ1) is 22.3. The Hall–Kier alpha value is -3.85. The Balaban J connectivity index is 1.58. The number of hydrogen-bond donors (Lipinski definition) is 1. The summed E-state index contributed by atoms with van der Waals surface area (Å²) in [4.78, 5) is 17.5. The molecule has 0 atom stereocenters. The summed E-state index contributed by atoms with van der Waals surface area (Å²) >= 11 is 1.43. The number of hydrogen-bond acceptors (Lipinski definition) is 7. The Morgan fingerprint density at radius 3 is 2.52 bits per heavy atom. The molecular formula is C24H24N4O4S. The van der Waals surface area contributed by atoms with Gasteiger partial charge in [-0.3, -0.25) is 4.79 Å². The molecule has 0 fully saturated rings. The van der Waals surface area contributed by atoms with E-state index in [1.807, 2.05) is 43.5 Å². The van der Waals surface area contributed by atoms with Gasteiger partial charge in [0, 0.05) is 22.6 Å². The van der Waals surface area contributed by atoms with Gasteiger partial charge >= 0.3 is 0 Å². The van der Waals surface area contributed by atoms with Crippen molar-refractivity contribution in [1.29, 1.82) is 0 Å². The zero-order valence-corrected chi connectivity index (χ0v) is 19.6. The van der Waals surface area contributed by atoms with Crippen LogP contribution in [0.4, 0.5) is 5.82 Å². The number of thiazole rings is 1. The lowest BCUT2D eigenvalue weighted by Crippen LogP contribution is -2.15. The number of aryl methyl sites for hydroxylation is 1. The minimum absolute atomic E-state index is 0.240. The highest BCUT2D eigenvalue weighted by Crippen LogP contribution is 2.33. The molecule has 0 spiro atoms. The molecule has 170 valence electrons. The first-order chi connectivity index (χ1) is 16.0. The summed E-state index contributed by atoms with van der Waals surface area (Å²) < 4.78 is 17.8. The van der Waals surface area contributed by atoms with Gasteiger partial charge < -0.3 is 19.5 Å². The third kappa shape index (κ3) is 4.83. The number of aromatic nitrogens is 3. The topological polar surface area (TPSA) is 87.5 Å². The van der Waals surface area contributed by atoms with Crippen molar-refractivity contribution in [3.8, 4) is 33.6 Å². The molecule has 8 nitrogen and oxygen atoms in total. The molecular weight excluding hydrogens is 440 g/mol. The van der Waals surface area contributed by atoms with Crippen LogP contribution in [0.2, 0.25) is 0 Å². The maximum absolute atomic E-state index is 12.8. The molecule has 0 saturated carbocycles. The van der Waals surface area contributed by atoms with Crippen LogP contribution < -0.4 is 19.5 Å². The number of benzene rings is 2. The van der Waals surface area contributed by atoms with E-state index in [0.29, 0.717) is 34.6 Å². The molecule has 9 heteroatoms. The van der Waals surface area contributed by atoms with Crippen LogP contribution >= 0.6 is 11.3 Å². The fourth-order valence-corrected chi connectivity index (χ4v) is 4.08. The fourth-order valence-electron chi connectivity index (χ4n) is 3.28. The number of anilines is 1. The molecule has 2 aromatic heterocycles. The maximum atomic E-state index is 12.8. The van der Waals surface area contributed by atoms with Crippen LogP contribution in [-0.4, -0.2) is 41.5 Å². The lowest BCUT2D eigenvalue weighted by Gasteiger charge is -2.08. The van der Waals surface area contributed by atoms with Crippen molar-refractivity contribution < 1.29 is 19.0 Å². The Labute approximate surface area is 195 Å². The molecule has 33 heavy (non-hydrogen) atoms. The number of methoxy groups -OCH3 is 2. The highest BCUT2D eigenvalue weighted by atomic mass is 32.1. The van der Waals surface area contributed by atoms with Gasteiger partial charge in [0.05, 0.1) is 32.2 Å². The second-order valence-electron chi connectivity index (χ2n) is 7.08. The maximum Gasteiger partial charge on any atom is 0.256 e. The van der Waals surface area contributed by atoms with Gasteiger partial charge in [0.2, 0.25) is 5.13 Å². The molecule has 0 saturated heterocycles. The van der Waals surface area contributed by atoms with Gasteiger partial charge in [0.1, 0.15) is 11.6 Å². The van der Waals surface area contributed by atoms with E-state index >= 15 is 0 Å². The average molecular weight is 465 g/mol. The van der Waals surface area contributed by atoms with Crippen LogP contribution in [0.25, 0.3) is 16.4 Å². The molecule has 1 N–H and O–H groups in total. The van der Waals surface area contributed by atoms with Gasteiger partial charge in [-0.1, -0.05) is 0 Å². The van der Waals surface area contributed by atoms with Gasteiger partial charge in [0.25, 0.3) is 5.91 Å². The molecule has 0 aliphatic carbocycles. The molecule has 2 aromatic carbocycles. The monoisotopic (exact) mass is 464 g/mol. The second-order valence-corrected chi connectivity index (χ2v) is 7.92. The fraction of sp³-hybridized carbons (Fsp3) is 0.208. The largest absolute Gasteiger partial charge is 0.494 e. The predicted molar refractivity (Wildman–Crippen MR) is 128 cm³/mol. The second kappa shape index (κ2) is 9.74. The van der Waals surface area contributed by atoms with Crippen LogP contribution in [0, 0.1) is 6.92 Å².